The van der Waals surface area contributed by atoms with E-state index in [9.17, 15) is 9.18 Å². The first-order valence-electron chi connectivity index (χ1n) is 7.13. The first kappa shape index (κ1) is 16.2. The average Bonchev–Trinajstić information content (AvgIpc) is 2.50. The molecule has 0 radical (unpaired) electrons. The number of pyridine rings is 1. The van der Waals surface area contributed by atoms with Gasteiger partial charge in [-0.2, -0.15) is 0 Å². The van der Waals surface area contributed by atoms with Crippen LogP contribution in [0.25, 0.3) is 10.9 Å². The Balaban J connectivity index is 1.97. The van der Waals surface area contributed by atoms with Crippen molar-refractivity contribution in [1.82, 2.24) is 10.3 Å². The molecule has 1 amide bonds. The Morgan fingerprint density at radius 3 is 2.91 bits per heavy atom. The van der Waals surface area contributed by atoms with Gasteiger partial charge in [0.1, 0.15) is 11.6 Å². The molecule has 0 unspecified atom stereocenters. The minimum atomic E-state index is -0.323. The fraction of sp³-hybridized carbons (Fsp3) is 0.375. The Labute approximate surface area is 129 Å². The lowest BCUT2D eigenvalue weighted by Gasteiger charge is -2.18. The second-order valence-corrected chi connectivity index (χ2v) is 5.06. The third-order valence-electron chi connectivity index (χ3n) is 3.26. The predicted octanol–water partition coefficient (Wildman–Crippen LogP) is 1.96. The number of hydrogen-bond acceptors (Lipinski definition) is 4. The summed E-state index contributed by atoms with van der Waals surface area (Å²) in [5.74, 6) is 0.223. The second kappa shape index (κ2) is 7.70. The van der Waals surface area contributed by atoms with Crippen LogP contribution in [-0.2, 0) is 9.53 Å². The molecule has 0 spiro atoms. The molecule has 0 aliphatic heterocycles. The molecule has 118 valence electrons. The van der Waals surface area contributed by atoms with Crippen LogP contribution in [0.5, 0.6) is 0 Å². The van der Waals surface area contributed by atoms with Crippen molar-refractivity contribution in [3.05, 3.63) is 36.1 Å². The van der Waals surface area contributed by atoms with E-state index in [1.807, 2.05) is 12.1 Å². The lowest BCUT2D eigenvalue weighted by Crippen LogP contribution is -2.36. The number of hydrogen-bond donors (Lipinski definition) is 1. The Hall–Kier alpha value is -2.21. The second-order valence-electron chi connectivity index (χ2n) is 5.06. The lowest BCUT2D eigenvalue weighted by atomic mass is 10.2. The smallest absolute Gasteiger partial charge is 0.239 e. The number of anilines is 1. The van der Waals surface area contributed by atoms with E-state index in [1.54, 1.807) is 25.1 Å². The highest BCUT2D eigenvalue weighted by Crippen LogP contribution is 2.18. The number of nitrogens with zero attached hydrogens (tertiary/aromatic N) is 2. The van der Waals surface area contributed by atoms with Crippen molar-refractivity contribution in [2.75, 3.05) is 38.8 Å². The van der Waals surface area contributed by atoms with Gasteiger partial charge in [-0.3, -0.25) is 4.79 Å². The van der Waals surface area contributed by atoms with Gasteiger partial charge in [0, 0.05) is 38.8 Å². The summed E-state index contributed by atoms with van der Waals surface area (Å²) in [5, 5.41) is 3.68. The number of methoxy groups -OCH3 is 1. The van der Waals surface area contributed by atoms with E-state index in [0.717, 1.165) is 11.8 Å². The number of rotatable bonds is 7. The zero-order valence-electron chi connectivity index (χ0n) is 12.8. The third-order valence-corrected chi connectivity index (χ3v) is 3.26. The zero-order valence-corrected chi connectivity index (χ0v) is 12.8. The minimum Gasteiger partial charge on any atom is -0.385 e. The van der Waals surface area contributed by atoms with Gasteiger partial charge < -0.3 is 15.0 Å². The summed E-state index contributed by atoms with van der Waals surface area (Å²) in [6, 6.07) is 8.16. The molecule has 0 aliphatic rings. The molecule has 1 heterocycles. The number of nitrogens with one attached hydrogen (secondary N) is 1. The molecule has 0 bridgehead atoms. The summed E-state index contributed by atoms with van der Waals surface area (Å²) in [6.45, 7) is 1.39. The molecule has 2 rings (SSSR count). The van der Waals surface area contributed by atoms with Crippen LogP contribution < -0.4 is 10.2 Å². The standard InChI is InChI=1S/C16H20FN3O2/c1-20(11-16(21)18-8-3-9-22-2)15-7-5-12-4-6-13(17)10-14(12)19-15/h4-7,10H,3,8-9,11H2,1-2H3,(H,18,21). The van der Waals surface area contributed by atoms with Crippen molar-refractivity contribution in [3.63, 3.8) is 0 Å². The number of ether oxygens (including phenoxy) is 1. The van der Waals surface area contributed by atoms with E-state index < -0.39 is 0 Å². The summed E-state index contributed by atoms with van der Waals surface area (Å²) in [6.07, 6.45) is 0.777. The molecule has 1 N–H and O–H groups in total. The van der Waals surface area contributed by atoms with Gasteiger partial charge in [0.05, 0.1) is 12.1 Å². The van der Waals surface area contributed by atoms with Crippen LogP contribution in [0.1, 0.15) is 6.42 Å². The van der Waals surface area contributed by atoms with Crippen LogP contribution >= 0.6 is 0 Å². The molecular formula is C16H20FN3O2. The van der Waals surface area contributed by atoms with Crippen molar-refractivity contribution < 1.29 is 13.9 Å². The van der Waals surface area contributed by atoms with Crippen LogP contribution in [0.4, 0.5) is 10.2 Å². The summed E-state index contributed by atoms with van der Waals surface area (Å²) < 4.78 is 18.2. The average molecular weight is 305 g/mol. The number of fused-ring (bicyclic) bond motifs is 1. The number of carbonyl (C=O) groups excluding carboxylic acids is 1. The van der Waals surface area contributed by atoms with Gasteiger partial charge in [-0.05, 0) is 30.7 Å². The van der Waals surface area contributed by atoms with E-state index in [4.69, 9.17) is 4.74 Å². The topological polar surface area (TPSA) is 54.5 Å². The lowest BCUT2D eigenvalue weighted by molar-refractivity contribution is -0.119. The van der Waals surface area contributed by atoms with Crippen LogP contribution in [0.15, 0.2) is 30.3 Å². The Bertz CT molecular complexity index is 648. The van der Waals surface area contributed by atoms with E-state index in [2.05, 4.69) is 10.3 Å². The van der Waals surface area contributed by atoms with E-state index in [1.165, 1.54) is 12.1 Å². The SMILES string of the molecule is COCCCNC(=O)CN(C)c1ccc2ccc(F)cc2n1. The first-order valence-corrected chi connectivity index (χ1v) is 7.13. The van der Waals surface area contributed by atoms with Crippen molar-refractivity contribution in [1.29, 1.82) is 0 Å². The van der Waals surface area contributed by atoms with Gasteiger partial charge in [-0.15, -0.1) is 0 Å². The van der Waals surface area contributed by atoms with Crippen LogP contribution in [0.3, 0.4) is 0 Å². The quantitative estimate of drug-likeness (QED) is 0.795. The third kappa shape index (κ3) is 4.39. The number of likely N-dealkylation sites (N-methyl/N-ethyl adjacent to an activating group) is 1. The van der Waals surface area contributed by atoms with E-state index in [-0.39, 0.29) is 18.3 Å². The number of amides is 1. The van der Waals surface area contributed by atoms with Gasteiger partial charge in [-0.25, -0.2) is 9.37 Å². The molecule has 0 saturated carbocycles. The fourth-order valence-corrected chi connectivity index (χ4v) is 2.09. The van der Waals surface area contributed by atoms with Gasteiger partial charge in [0.15, 0.2) is 0 Å². The predicted molar refractivity (Wildman–Crippen MR) is 84.5 cm³/mol. The van der Waals surface area contributed by atoms with Gasteiger partial charge in [-0.1, -0.05) is 0 Å². The zero-order chi connectivity index (χ0) is 15.9. The minimum absolute atomic E-state index is 0.0836. The molecule has 6 heteroatoms. The van der Waals surface area contributed by atoms with Crippen molar-refractivity contribution in [2.24, 2.45) is 0 Å². The first-order chi connectivity index (χ1) is 10.6. The molecular weight excluding hydrogens is 285 g/mol. The number of carbonyl (C=O) groups is 1. The van der Waals surface area contributed by atoms with E-state index in [0.29, 0.717) is 24.5 Å². The van der Waals surface area contributed by atoms with Crippen LogP contribution in [0, 0.1) is 5.82 Å². The highest BCUT2D eigenvalue weighted by molar-refractivity contribution is 5.83. The molecule has 1 aromatic carbocycles. The molecule has 1 aromatic heterocycles. The Kier molecular flexibility index (Phi) is 5.66. The van der Waals surface area contributed by atoms with Gasteiger partial charge >= 0.3 is 0 Å². The Morgan fingerprint density at radius 2 is 2.14 bits per heavy atom. The molecule has 2 aromatic rings. The van der Waals surface area contributed by atoms with Crippen LogP contribution in [0.2, 0.25) is 0 Å². The molecule has 0 aliphatic carbocycles. The molecule has 22 heavy (non-hydrogen) atoms. The fourth-order valence-electron chi connectivity index (χ4n) is 2.09. The molecule has 0 fully saturated rings. The van der Waals surface area contributed by atoms with Crippen molar-refractivity contribution in [3.8, 4) is 0 Å². The van der Waals surface area contributed by atoms with Crippen molar-refractivity contribution in [2.45, 2.75) is 6.42 Å². The summed E-state index contributed by atoms with van der Waals surface area (Å²) >= 11 is 0. The van der Waals surface area contributed by atoms with E-state index >= 15 is 0 Å². The van der Waals surface area contributed by atoms with Crippen molar-refractivity contribution >= 4 is 22.6 Å². The summed E-state index contributed by atoms with van der Waals surface area (Å²) in [5.41, 5.74) is 0.574. The van der Waals surface area contributed by atoms with Gasteiger partial charge in [0.2, 0.25) is 5.91 Å². The van der Waals surface area contributed by atoms with Gasteiger partial charge in [0.25, 0.3) is 0 Å². The normalized spacial score (nSPS) is 10.7. The maximum atomic E-state index is 13.3. The molecule has 0 saturated heterocycles. The maximum absolute atomic E-state index is 13.3. The molecule has 5 nitrogen and oxygen atoms in total. The number of aromatic nitrogens is 1. The summed E-state index contributed by atoms with van der Waals surface area (Å²) in [7, 11) is 3.41. The maximum Gasteiger partial charge on any atom is 0.239 e. The highest BCUT2D eigenvalue weighted by atomic mass is 19.1. The number of benzene rings is 1. The van der Waals surface area contributed by atoms with Crippen LogP contribution in [-0.4, -0.2) is 44.7 Å². The molecule has 0 atom stereocenters. The monoisotopic (exact) mass is 305 g/mol. The largest absolute Gasteiger partial charge is 0.385 e. The summed E-state index contributed by atoms with van der Waals surface area (Å²) in [4.78, 5) is 17.9. The Morgan fingerprint density at radius 1 is 1.36 bits per heavy atom. The number of halogens is 1. The highest BCUT2D eigenvalue weighted by Gasteiger charge is 2.09.